The number of halogens is 2. The van der Waals surface area contributed by atoms with E-state index in [1.165, 1.54) is 12.1 Å². The predicted octanol–water partition coefficient (Wildman–Crippen LogP) is 2.91. The Morgan fingerprint density at radius 3 is 2.79 bits per heavy atom. The Bertz CT molecular complexity index is 425. The maximum Gasteiger partial charge on any atom is 0.159 e. The monoisotopic (exact) mass is 269 g/mol. The van der Waals surface area contributed by atoms with Crippen LogP contribution in [0.5, 0.6) is 0 Å². The zero-order valence-electron chi connectivity index (χ0n) is 11.5. The second-order valence-corrected chi connectivity index (χ2v) is 5.12. The van der Waals surface area contributed by atoms with E-state index in [4.69, 9.17) is 4.74 Å². The van der Waals surface area contributed by atoms with Gasteiger partial charge in [0, 0.05) is 18.6 Å². The molecule has 1 heterocycles. The minimum Gasteiger partial charge on any atom is -0.378 e. The first-order valence-corrected chi connectivity index (χ1v) is 6.88. The van der Waals surface area contributed by atoms with Gasteiger partial charge in [-0.25, -0.2) is 8.78 Å². The van der Waals surface area contributed by atoms with Crippen molar-refractivity contribution in [2.75, 3.05) is 13.7 Å². The highest BCUT2D eigenvalue weighted by atomic mass is 19.2. The minimum atomic E-state index is -0.791. The van der Waals surface area contributed by atoms with Gasteiger partial charge in [0.1, 0.15) is 0 Å². The van der Waals surface area contributed by atoms with Crippen LogP contribution < -0.4 is 5.32 Å². The van der Waals surface area contributed by atoms with Crippen LogP contribution >= 0.6 is 0 Å². The van der Waals surface area contributed by atoms with E-state index in [2.05, 4.69) is 12.2 Å². The van der Waals surface area contributed by atoms with Crippen LogP contribution in [0.3, 0.4) is 0 Å². The molecule has 3 unspecified atom stereocenters. The van der Waals surface area contributed by atoms with Crippen molar-refractivity contribution in [1.82, 2.24) is 5.32 Å². The van der Waals surface area contributed by atoms with Gasteiger partial charge in [-0.15, -0.1) is 0 Å². The van der Waals surface area contributed by atoms with Gasteiger partial charge in [-0.05, 0) is 44.0 Å². The summed E-state index contributed by atoms with van der Waals surface area (Å²) in [7, 11) is 1.91. The molecule has 2 nitrogen and oxygen atoms in total. The van der Waals surface area contributed by atoms with Gasteiger partial charge < -0.3 is 10.1 Å². The van der Waals surface area contributed by atoms with E-state index >= 15 is 0 Å². The molecule has 1 N–H and O–H groups in total. The average molecular weight is 269 g/mol. The lowest BCUT2D eigenvalue weighted by atomic mass is 9.87. The lowest BCUT2D eigenvalue weighted by Gasteiger charge is -2.27. The van der Waals surface area contributed by atoms with Gasteiger partial charge in [-0.2, -0.15) is 0 Å². The first kappa shape index (κ1) is 14.4. The first-order chi connectivity index (χ1) is 9.15. The molecule has 1 fully saturated rings. The van der Waals surface area contributed by atoms with Crippen LogP contribution in [0, 0.1) is 17.6 Å². The Labute approximate surface area is 113 Å². The van der Waals surface area contributed by atoms with Crippen molar-refractivity contribution in [3.63, 3.8) is 0 Å². The number of nitrogens with one attached hydrogen (secondary N) is 1. The maximum absolute atomic E-state index is 13.2. The summed E-state index contributed by atoms with van der Waals surface area (Å²) >= 11 is 0. The molecular formula is C15H21F2NO. The zero-order chi connectivity index (χ0) is 13.8. The molecule has 106 valence electrons. The first-order valence-electron chi connectivity index (χ1n) is 6.88. The van der Waals surface area contributed by atoms with Crippen molar-refractivity contribution in [3.8, 4) is 0 Å². The van der Waals surface area contributed by atoms with Crippen molar-refractivity contribution in [2.45, 2.75) is 38.3 Å². The number of likely N-dealkylation sites (N-methyl/N-ethyl adjacent to an activating group) is 1. The van der Waals surface area contributed by atoms with Crippen LogP contribution in [0.15, 0.2) is 18.2 Å². The SMILES string of the molecule is CCC1OCCC1C(Cc1ccc(F)c(F)c1)NC. The standard InChI is InChI=1S/C15H21F2NO/c1-3-15-11(6-7-19-15)14(18-2)9-10-4-5-12(16)13(17)8-10/h4-5,8,11,14-15,18H,3,6-7,9H2,1-2H3. The molecule has 3 atom stereocenters. The molecule has 1 aliphatic heterocycles. The molecule has 4 heteroatoms. The smallest absolute Gasteiger partial charge is 0.159 e. The molecular weight excluding hydrogens is 248 g/mol. The largest absolute Gasteiger partial charge is 0.378 e. The third-order valence-electron chi connectivity index (χ3n) is 3.99. The summed E-state index contributed by atoms with van der Waals surface area (Å²) in [5.41, 5.74) is 0.819. The second-order valence-electron chi connectivity index (χ2n) is 5.12. The van der Waals surface area contributed by atoms with Crippen LogP contribution in [0.2, 0.25) is 0 Å². The Morgan fingerprint density at radius 2 is 2.16 bits per heavy atom. The van der Waals surface area contributed by atoms with Gasteiger partial charge in [-0.3, -0.25) is 0 Å². The molecule has 0 amide bonds. The topological polar surface area (TPSA) is 21.3 Å². The number of hydrogen-bond donors (Lipinski definition) is 1. The summed E-state index contributed by atoms with van der Waals surface area (Å²) in [5.74, 6) is -1.13. The van der Waals surface area contributed by atoms with Crippen LogP contribution in [0.4, 0.5) is 8.78 Å². The van der Waals surface area contributed by atoms with E-state index < -0.39 is 11.6 Å². The Hall–Kier alpha value is -1.00. The van der Waals surface area contributed by atoms with Crippen molar-refractivity contribution in [2.24, 2.45) is 5.92 Å². The van der Waals surface area contributed by atoms with Gasteiger partial charge in [0.2, 0.25) is 0 Å². The highest BCUT2D eigenvalue weighted by Gasteiger charge is 2.32. The van der Waals surface area contributed by atoms with Gasteiger partial charge in [0.25, 0.3) is 0 Å². The Morgan fingerprint density at radius 1 is 1.37 bits per heavy atom. The summed E-state index contributed by atoms with van der Waals surface area (Å²) in [4.78, 5) is 0. The summed E-state index contributed by atoms with van der Waals surface area (Å²) in [6.07, 6.45) is 2.97. The fourth-order valence-corrected chi connectivity index (χ4v) is 2.93. The number of hydrogen-bond acceptors (Lipinski definition) is 2. The van der Waals surface area contributed by atoms with Crippen LogP contribution in [0.25, 0.3) is 0 Å². The predicted molar refractivity (Wildman–Crippen MR) is 71.0 cm³/mol. The molecule has 0 spiro atoms. The lowest BCUT2D eigenvalue weighted by Crippen LogP contribution is -2.39. The van der Waals surface area contributed by atoms with E-state index in [9.17, 15) is 8.78 Å². The highest BCUT2D eigenvalue weighted by molar-refractivity contribution is 5.19. The van der Waals surface area contributed by atoms with Gasteiger partial charge in [0.05, 0.1) is 6.10 Å². The molecule has 2 rings (SSSR count). The van der Waals surface area contributed by atoms with Gasteiger partial charge >= 0.3 is 0 Å². The third kappa shape index (κ3) is 3.31. The van der Waals surface area contributed by atoms with Crippen LogP contribution in [-0.4, -0.2) is 25.8 Å². The molecule has 1 aromatic carbocycles. The maximum atomic E-state index is 13.2. The van der Waals surface area contributed by atoms with E-state index in [0.717, 1.165) is 25.0 Å². The fraction of sp³-hybridized carbons (Fsp3) is 0.600. The average Bonchev–Trinajstić information content (AvgIpc) is 2.88. The fourth-order valence-electron chi connectivity index (χ4n) is 2.93. The van der Waals surface area contributed by atoms with E-state index in [1.54, 1.807) is 6.07 Å². The van der Waals surface area contributed by atoms with Crippen molar-refractivity contribution < 1.29 is 13.5 Å². The second kappa shape index (κ2) is 6.44. The van der Waals surface area contributed by atoms with E-state index in [0.29, 0.717) is 12.3 Å². The van der Waals surface area contributed by atoms with Gasteiger partial charge in [0.15, 0.2) is 11.6 Å². The van der Waals surface area contributed by atoms with E-state index in [1.807, 2.05) is 7.05 Å². The number of benzene rings is 1. The molecule has 1 aliphatic rings. The summed E-state index contributed by atoms with van der Waals surface area (Å²) in [6, 6.07) is 4.37. The summed E-state index contributed by atoms with van der Waals surface area (Å²) < 4.78 is 31.9. The summed E-state index contributed by atoms with van der Waals surface area (Å²) in [6.45, 7) is 2.91. The Balaban J connectivity index is 2.08. The molecule has 1 aromatic rings. The summed E-state index contributed by atoms with van der Waals surface area (Å²) in [5, 5.41) is 3.29. The molecule has 0 aliphatic carbocycles. The molecule has 0 radical (unpaired) electrons. The molecule has 1 saturated heterocycles. The quantitative estimate of drug-likeness (QED) is 0.887. The number of ether oxygens (including phenoxy) is 1. The molecule has 0 saturated carbocycles. The van der Waals surface area contributed by atoms with Crippen LogP contribution in [0.1, 0.15) is 25.3 Å². The van der Waals surface area contributed by atoms with Crippen molar-refractivity contribution in [3.05, 3.63) is 35.4 Å². The molecule has 19 heavy (non-hydrogen) atoms. The zero-order valence-corrected chi connectivity index (χ0v) is 11.5. The highest BCUT2D eigenvalue weighted by Crippen LogP contribution is 2.28. The molecule has 0 aromatic heterocycles. The van der Waals surface area contributed by atoms with E-state index in [-0.39, 0.29) is 12.1 Å². The van der Waals surface area contributed by atoms with Gasteiger partial charge in [-0.1, -0.05) is 13.0 Å². The van der Waals surface area contributed by atoms with Crippen molar-refractivity contribution >= 4 is 0 Å². The Kier molecular flexibility index (Phi) is 4.88. The molecule has 0 bridgehead atoms. The van der Waals surface area contributed by atoms with Crippen molar-refractivity contribution in [1.29, 1.82) is 0 Å². The third-order valence-corrected chi connectivity index (χ3v) is 3.99. The minimum absolute atomic E-state index is 0.234. The normalized spacial score (nSPS) is 24.6. The van der Waals surface area contributed by atoms with Crippen LogP contribution in [-0.2, 0) is 11.2 Å². The lowest BCUT2D eigenvalue weighted by molar-refractivity contribution is 0.0783. The number of rotatable bonds is 5.